The van der Waals surface area contributed by atoms with Crippen molar-refractivity contribution in [3.05, 3.63) is 28.4 Å². The normalized spacial score (nSPS) is 20.4. The monoisotopic (exact) mass is 296 g/mol. The lowest BCUT2D eigenvalue weighted by molar-refractivity contribution is 0.252. The van der Waals surface area contributed by atoms with Crippen LogP contribution in [-0.2, 0) is 0 Å². The molecule has 1 aliphatic rings. The van der Waals surface area contributed by atoms with Gasteiger partial charge in [0.2, 0.25) is 0 Å². The molecular formula is C14H24N4O3. The Bertz CT molecular complexity index is 593. The molecule has 5 N–H and O–H groups in total. The Kier molecular flexibility index (Phi) is 7.07. The number of hydrogen-bond acceptors (Lipinski definition) is 5. The van der Waals surface area contributed by atoms with E-state index in [0.29, 0.717) is 11.0 Å². The highest BCUT2D eigenvalue weighted by molar-refractivity contribution is 5.78. The highest BCUT2D eigenvalue weighted by Crippen LogP contribution is 2.29. The molecule has 2 unspecified atom stereocenters. The lowest BCUT2D eigenvalue weighted by atomic mass is 10.1. The van der Waals surface area contributed by atoms with E-state index in [2.05, 4.69) is 20.3 Å². The molecule has 0 radical (unpaired) electrons. The molecule has 0 aliphatic carbocycles. The van der Waals surface area contributed by atoms with Crippen LogP contribution in [0, 0.1) is 0 Å². The first-order valence-electron chi connectivity index (χ1n) is 7.16. The van der Waals surface area contributed by atoms with Crippen LogP contribution in [-0.4, -0.2) is 44.9 Å². The molecule has 0 saturated carbocycles. The number of fused-ring (bicyclic) bond motifs is 1. The summed E-state index contributed by atoms with van der Waals surface area (Å²) in [5.74, 6) is 0. The van der Waals surface area contributed by atoms with E-state index in [9.17, 15) is 4.79 Å². The van der Waals surface area contributed by atoms with Crippen molar-refractivity contribution < 1.29 is 10.2 Å². The minimum atomic E-state index is -0.155. The van der Waals surface area contributed by atoms with E-state index in [4.69, 9.17) is 10.2 Å². The molecule has 0 aromatic carbocycles. The second-order valence-electron chi connectivity index (χ2n) is 4.38. The van der Waals surface area contributed by atoms with E-state index >= 15 is 0 Å². The fourth-order valence-corrected chi connectivity index (χ4v) is 2.44. The second-order valence-corrected chi connectivity index (χ2v) is 4.38. The van der Waals surface area contributed by atoms with E-state index in [1.807, 2.05) is 20.0 Å². The number of aromatic amines is 2. The van der Waals surface area contributed by atoms with E-state index in [1.165, 1.54) is 6.33 Å². The summed E-state index contributed by atoms with van der Waals surface area (Å²) in [6, 6.07) is 0.308. The third-order valence-electron chi connectivity index (χ3n) is 3.34. The lowest BCUT2D eigenvalue weighted by Gasteiger charge is -2.11. The quantitative estimate of drug-likeness (QED) is 0.559. The van der Waals surface area contributed by atoms with Crippen molar-refractivity contribution >= 4 is 11.0 Å². The molecule has 2 atom stereocenters. The Hall–Kier alpha value is -1.70. The number of rotatable bonds is 2. The van der Waals surface area contributed by atoms with Crippen LogP contribution >= 0.6 is 0 Å². The minimum absolute atomic E-state index is 0.145. The molecule has 3 rings (SSSR count). The van der Waals surface area contributed by atoms with Gasteiger partial charge in [0.05, 0.1) is 12.9 Å². The number of hydrogen-bond donors (Lipinski definition) is 5. The molecule has 0 spiro atoms. The van der Waals surface area contributed by atoms with Crippen LogP contribution in [0.25, 0.3) is 11.0 Å². The molecule has 0 amide bonds. The van der Waals surface area contributed by atoms with E-state index < -0.39 is 0 Å². The average molecular weight is 296 g/mol. The van der Waals surface area contributed by atoms with Crippen LogP contribution in [0.1, 0.15) is 38.3 Å². The third-order valence-corrected chi connectivity index (χ3v) is 3.34. The summed E-state index contributed by atoms with van der Waals surface area (Å²) < 4.78 is 0. The molecule has 2 aromatic heterocycles. The van der Waals surface area contributed by atoms with Gasteiger partial charge in [-0.25, -0.2) is 4.98 Å². The SMILES string of the molecule is CC.CO.O=c1[nH]cnc2c(C3CCC(CO)N3)c[nH]c12. The van der Waals surface area contributed by atoms with Crippen LogP contribution in [0.5, 0.6) is 0 Å². The topological polar surface area (TPSA) is 114 Å². The Balaban J connectivity index is 0.000000510. The van der Waals surface area contributed by atoms with Crippen molar-refractivity contribution in [2.75, 3.05) is 13.7 Å². The lowest BCUT2D eigenvalue weighted by Crippen LogP contribution is -2.27. The van der Waals surface area contributed by atoms with Crippen LogP contribution in [0.3, 0.4) is 0 Å². The molecule has 21 heavy (non-hydrogen) atoms. The predicted molar refractivity (Wildman–Crippen MR) is 82.2 cm³/mol. The number of aromatic nitrogens is 3. The van der Waals surface area contributed by atoms with E-state index in [-0.39, 0.29) is 24.2 Å². The number of nitrogens with zero attached hydrogens (tertiary/aromatic N) is 1. The fraction of sp³-hybridized carbons (Fsp3) is 0.571. The van der Waals surface area contributed by atoms with Gasteiger partial charge in [-0.05, 0) is 12.8 Å². The zero-order chi connectivity index (χ0) is 15.8. The van der Waals surface area contributed by atoms with Crippen molar-refractivity contribution in [1.29, 1.82) is 0 Å². The number of H-pyrrole nitrogens is 2. The second kappa shape index (κ2) is 8.56. The molecule has 7 nitrogen and oxygen atoms in total. The Labute approximate surface area is 123 Å². The van der Waals surface area contributed by atoms with Gasteiger partial charge in [-0.3, -0.25) is 4.79 Å². The van der Waals surface area contributed by atoms with E-state index in [1.54, 1.807) is 0 Å². The highest BCUT2D eigenvalue weighted by atomic mass is 16.3. The zero-order valence-electron chi connectivity index (χ0n) is 12.7. The largest absolute Gasteiger partial charge is 0.400 e. The highest BCUT2D eigenvalue weighted by Gasteiger charge is 2.26. The standard InChI is InChI=1S/C11H14N4O2.C2H6.CH4O/c16-4-6-1-2-8(15-6)7-3-12-10-9(7)13-5-14-11(10)17;2*1-2/h3,5-6,8,12,15-16H,1-2,4H2,(H,13,14,17);1-2H3;2H,1H3. The molecule has 2 aromatic rings. The summed E-state index contributed by atoms with van der Waals surface area (Å²) in [6.07, 6.45) is 5.13. The van der Waals surface area contributed by atoms with Crippen LogP contribution in [0.4, 0.5) is 0 Å². The average Bonchev–Trinajstić information content (AvgIpc) is 3.18. The molecule has 7 heteroatoms. The van der Waals surface area contributed by atoms with Gasteiger partial charge in [0.1, 0.15) is 11.0 Å². The zero-order valence-corrected chi connectivity index (χ0v) is 12.7. The van der Waals surface area contributed by atoms with Gasteiger partial charge in [-0.15, -0.1) is 0 Å². The van der Waals surface area contributed by atoms with Gasteiger partial charge in [0.15, 0.2) is 0 Å². The van der Waals surface area contributed by atoms with Crippen LogP contribution < -0.4 is 10.9 Å². The minimum Gasteiger partial charge on any atom is -0.400 e. The van der Waals surface area contributed by atoms with E-state index in [0.717, 1.165) is 25.5 Å². The van der Waals surface area contributed by atoms with Crippen molar-refractivity contribution in [3.63, 3.8) is 0 Å². The summed E-state index contributed by atoms with van der Waals surface area (Å²) in [6.45, 7) is 4.15. The Morgan fingerprint density at radius 3 is 2.62 bits per heavy atom. The third kappa shape index (κ3) is 3.69. The first-order chi connectivity index (χ1) is 10.3. The maximum atomic E-state index is 11.5. The van der Waals surface area contributed by atoms with Crippen molar-refractivity contribution in [2.24, 2.45) is 0 Å². The fourth-order valence-electron chi connectivity index (χ4n) is 2.44. The van der Waals surface area contributed by atoms with Gasteiger partial charge in [-0.2, -0.15) is 0 Å². The molecule has 1 fully saturated rings. The van der Waals surface area contributed by atoms with Crippen LogP contribution in [0.2, 0.25) is 0 Å². The molecule has 0 bridgehead atoms. The molecule has 1 aliphatic heterocycles. The first-order valence-corrected chi connectivity index (χ1v) is 7.16. The molecule has 1 saturated heterocycles. The predicted octanol–water partition coefficient (Wildman–Crippen LogP) is 0.671. The summed E-state index contributed by atoms with van der Waals surface area (Å²) in [4.78, 5) is 21.2. The molecule has 118 valence electrons. The maximum absolute atomic E-state index is 11.5. The van der Waals surface area contributed by atoms with Crippen molar-refractivity contribution in [3.8, 4) is 0 Å². The summed E-state index contributed by atoms with van der Waals surface area (Å²) in [5.41, 5.74) is 2.07. The molecule has 3 heterocycles. The maximum Gasteiger partial charge on any atom is 0.275 e. The Morgan fingerprint density at radius 1 is 1.29 bits per heavy atom. The smallest absolute Gasteiger partial charge is 0.275 e. The van der Waals surface area contributed by atoms with Gasteiger partial charge in [-0.1, -0.05) is 13.8 Å². The van der Waals surface area contributed by atoms with Crippen LogP contribution in [0.15, 0.2) is 17.3 Å². The summed E-state index contributed by atoms with van der Waals surface area (Å²) in [7, 11) is 1.00. The van der Waals surface area contributed by atoms with Gasteiger partial charge in [0.25, 0.3) is 5.56 Å². The van der Waals surface area contributed by atoms with Gasteiger partial charge >= 0.3 is 0 Å². The van der Waals surface area contributed by atoms with Crippen molar-refractivity contribution in [1.82, 2.24) is 20.3 Å². The Morgan fingerprint density at radius 2 is 2.00 bits per heavy atom. The van der Waals surface area contributed by atoms with Gasteiger partial charge in [0, 0.05) is 31.0 Å². The summed E-state index contributed by atoms with van der Waals surface area (Å²) >= 11 is 0. The number of aliphatic hydroxyl groups is 2. The molecular weight excluding hydrogens is 272 g/mol. The summed E-state index contributed by atoms with van der Waals surface area (Å²) in [5, 5.41) is 19.4. The first kappa shape index (κ1) is 17.4. The number of nitrogens with one attached hydrogen (secondary N) is 3. The van der Waals surface area contributed by atoms with Crippen molar-refractivity contribution in [2.45, 2.75) is 38.8 Å². The number of aliphatic hydroxyl groups excluding tert-OH is 2. The van der Waals surface area contributed by atoms with Gasteiger partial charge < -0.3 is 25.5 Å².